The number of allylic oxidation sites excluding steroid dienone is 1. The fourth-order valence-electron chi connectivity index (χ4n) is 7.45. The van der Waals surface area contributed by atoms with Crippen LogP contribution in [0, 0.1) is 0 Å². The van der Waals surface area contributed by atoms with Crippen LogP contribution >= 0.6 is 11.6 Å². The van der Waals surface area contributed by atoms with E-state index in [1.807, 2.05) is 66.7 Å². The van der Waals surface area contributed by atoms with E-state index in [1.165, 1.54) is 12.1 Å². The van der Waals surface area contributed by atoms with Crippen molar-refractivity contribution in [1.82, 2.24) is 4.90 Å². The van der Waals surface area contributed by atoms with Gasteiger partial charge in [0.2, 0.25) is 0 Å². The van der Waals surface area contributed by atoms with Gasteiger partial charge in [-0.2, -0.15) is 13.2 Å². The number of hydrogen-bond acceptors (Lipinski definition) is 7. The first kappa shape index (κ1) is 44.4. The summed E-state index contributed by atoms with van der Waals surface area (Å²) in [6.45, 7) is 6.25. The zero-order valence-electron chi connectivity index (χ0n) is 34.2. The average Bonchev–Trinajstić information content (AvgIpc) is 3.26. The van der Waals surface area contributed by atoms with Gasteiger partial charge in [0.1, 0.15) is 23.7 Å². The molecule has 0 N–H and O–H groups in total. The van der Waals surface area contributed by atoms with Crippen LogP contribution in [0.2, 0.25) is 5.02 Å². The molecule has 11 heteroatoms. The second-order valence-corrected chi connectivity index (χ2v) is 15.5. The van der Waals surface area contributed by atoms with E-state index >= 15 is 0 Å². The minimum Gasteiger partial charge on any atom is -0.489 e. The summed E-state index contributed by atoms with van der Waals surface area (Å²) in [5.74, 6) is -0.0479. The molecule has 0 saturated carbocycles. The van der Waals surface area contributed by atoms with Gasteiger partial charge in [-0.1, -0.05) is 105 Å². The number of fused-ring (bicyclic) bond motifs is 1. The van der Waals surface area contributed by atoms with Crippen LogP contribution in [-0.4, -0.2) is 54.5 Å². The van der Waals surface area contributed by atoms with Crippen molar-refractivity contribution in [3.8, 4) is 16.9 Å². The molecule has 7 nitrogen and oxygen atoms in total. The van der Waals surface area contributed by atoms with Gasteiger partial charge in [0.25, 0.3) is 0 Å². The number of rotatable bonds is 19. The predicted molar refractivity (Wildman–Crippen MR) is 230 cm³/mol. The van der Waals surface area contributed by atoms with Crippen LogP contribution in [0.25, 0.3) is 11.1 Å². The van der Waals surface area contributed by atoms with E-state index in [0.29, 0.717) is 72.3 Å². The Bertz CT molecular complexity index is 2180. The standard InChI is InChI=1S/C49H52ClF3N2O5/c1-3-5-31-58-46(56)38-16-14-35(15-17-38)26-29-55(48-28-10-9-12-41(48)24-25-44(54-48)47(57)59-32-6-4-2)30-27-37-11-7-8-13-45(37)60-34-40-19-18-39(33-43(40)50)36-20-22-42(23-21-36)49(51,52)53/h7-8,11-25,33H,3-6,9-10,26-32,34H2,1-2H3/t48-/m1/s1. The Balaban J connectivity index is 1.21. The van der Waals surface area contributed by atoms with Gasteiger partial charge in [-0.3, -0.25) is 9.89 Å². The number of carbonyl (C=O) groups is 2. The maximum Gasteiger partial charge on any atom is 0.416 e. The quantitative estimate of drug-likeness (QED) is 0.0691. The van der Waals surface area contributed by atoms with Crippen molar-refractivity contribution >= 4 is 29.3 Å². The molecule has 0 radical (unpaired) electrons. The average molecular weight is 841 g/mol. The number of carbonyl (C=O) groups excluding carboxylic acids is 2. The van der Waals surface area contributed by atoms with Crippen molar-refractivity contribution in [3.63, 3.8) is 0 Å². The van der Waals surface area contributed by atoms with Gasteiger partial charge < -0.3 is 14.2 Å². The highest BCUT2D eigenvalue weighted by molar-refractivity contribution is 6.41. The van der Waals surface area contributed by atoms with Crippen molar-refractivity contribution in [2.24, 2.45) is 4.99 Å². The van der Waals surface area contributed by atoms with Crippen LogP contribution in [0.3, 0.4) is 0 Å². The summed E-state index contributed by atoms with van der Waals surface area (Å²) < 4.78 is 56.7. The van der Waals surface area contributed by atoms with E-state index in [4.69, 9.17) is 30.8 Å². The summed E-state index contributed by atoms with van der Waals surface area (Å²) in [7, 11) is 0. The molecule has 2 aliphatic rings. The second kappa shape index (κ2) is 20.9. The van der Waals surface area contributed by atoms with Gasteiger partial charge in [-0.15, -0.1) is 0 Å². The number of esters is 2. The summed E-state index contributed by atoms with van der Waals surface area (Å²) in [5.41, 5.74) is 4.52. The minimum atomic E-state index is -4.41. The maximum atomic E-state index is 13.3. The first-order chi connectivity index (χ1) is 29.0. The monoisotopic (exact) mass is 840 g/mol. The fourth-order valence-corrected chi connectivity index (χ4v) is 7.69. The van der Waals surface area contributed by atoms with Crippen molar-refractivity contribution < 1.29 is 37.0 Å². The van der Waals surface area contributed by atoms with Crippen LogP contribution in [0.4, 0.5) is 13.2 Å². The van der Waals surface area contributed by atoms with Gasteiger partial charge in [0.05, 0.1) is 24.3 Å². The number of nitrogens with zero attached hydrogens (tertiary/aromatic N) is 2. The zero-order valence-corrected chi connectivity index (χ0v) is 35.0. The highest BCUT2D eigenvalue weighted by Gasteiger charge is 2.43. The Labute approximate surface area is 355 Å². The molecule has 4 aromatic carbocycles. The molecular formula is C49H52ClF3N2O5. The zero-order chi connectivity index (χ0) is 42.5. The van der Waals surface area contributed by atoms with E-state index < -0.39 is 23.4 Å². The minimum absolute atomic E-state index is 0.185. The lowest BCUT2D eigenvalue weighted by molar-refractivity contribution is -0.137. The number of alkyl halides is 3. The molecule has 1 heterocycles. The molecule has 0 bridgehead atoms. The van der Waals surface area contributed by atoms with Crippen molar-refractivity contribution in [1.29, 1.82) is 0 Å². The molecular weight excluding hydrogens is 789 g/mol. The van der Waals surface area contributed by atoms with Gasteiger partial charge in [0.15, 0.2) is 0 Å². The molecule has 0 unspecified atom stereocenters. The molecule has 316 valence electrons. The Kier molecular flexibility index (Phi) is 15.4. The summed E-state index contributed by atoms with van der Waals surface area (Å²) in [5, 5.41) is 0.445. The first-order valence-electron chi connectivity index (χ1n) is 20.8. The number of dihydropyridines is 1. The van der Waals surface area contributed by atoms with Gasteiger partial charge in [-0.25, -0.2) is 9.59 Å². The summed E-state index contributed by atoms with van der Waals surface area (Å²) in [6.07, 6.45) is 8.91. The number of unbranched alkanes of at least 4 members (excludes halogenated alkanes) is 2. The Hall–Kier alpha value is -5.19. The molecule has 0 aromatic heterocycles. The molecule has 1 aliphatic heterocycles. The van der Waals surface area contributed by atoms with E-state index in [-0.39, 0.29) is 12.6 Å². The third-order valence-electron chi connectivity index (χ3n) is 10.9. The van der Waals surface area contributed by atoms with Crippen LogP contribution in [0.15, 0.2) is 120 Å². The predicted octanol–water partition coefficient (Wildman–Crippen LogP) is 11.8. The topological polar surface area (TPSA) is 77.4 Å². The Morgan fingerprint density at radius 3 is 2.18 bits per heavy atom. The summed E-state index contributed by atoms with van der Waals surface area (Å²) in [6, 6.07) is 25.8. The normalized spacial score (nSPS) is 16.2. The lowest BCUT2D eigenvalue weighted by Crippen LogP contribution is -2.53. The van der Waals surface area contributed by atoms with E-state index in [2.05, 4.69) is 24.8 Å². The molecule has 0 saturated heterocycles. The fraction of sp³-hybridized carbons (Fsp3) is 0.367. The van der Waals surface area contributed by atoms with Crippen LogP contribution in [-0.2, 0) is 39.9 Å². The smallest absolute Gasteiger partial charge is 0.416 e. The van der Waals surface area contributed by atoms with Crippen LogP contribution < -0.4 is 4.74 Å². The first-order valence-corrected chi connectivity index (χ1v) is 21.2. The highest BCUT2D eigenvalue weighted by atomic mass is 35.5. The van der Waals surface area contributed by atoms with E-state index in [0.717, 1.165) is 79.3 Å². The second-order valence-electron chi connectivity index (χ2n) is 15.1. The Morgan fingerprint density at radius 1 is 0.800 bits per heavy atom. The molecule has 0 amide bonds. The Morgan fingerprint density at radius 2 is 1.48 bits per heavy atom. The number of halogens is 4. The van der Waals surface area contributed by atoms with Crippen LogP contribution in [0.1, 0.15) is 91.4 Å². The van der Waals surface area contributed by atoms with Crippen LogP contribution in [0.5, 0.6) is 5.75 Å². The number of aliphatic imine (C=N–C) groups is 1. The summed E-state index contributed by atoms with van der Waals surface area (Å²) in [4.78, 5) is 33.5. The number of para-hydroxylation sites is 1. The molecule has 0 fully saturated rings. The van der Waals surface area contributed by atoms with E-state index in [1.54, 1.807) is 12.1 Å². The third kappa shape index (κ3) is 11.3. The number of benzene rings is 4. The van der Waals surface area contributed by atoms with Crippen molar-refractivity contribution in [3.05, 3.63) is 148 Å². The largest absolute Gasteiger partial charge is 0.489 e. The maximum absolute atomic E-state index is 13.3. The molecule has 0 spiro atoms. The van der Waals surface area contributed by atoms with Gasteiger partial charge in [-0.05, 0) is 115 Å². The SMILES string of the molecule is CCCCOC(=O)C1=N[C@@]2(N(CCc3ccc(C(=O)OCCCC)cc3)CCc3ccccc3OCc3ccc(-c4ccc(C(F)(F)F)cc4)cc3Cl)CCCC=C2C=C1. The summed E-state index contributed by atoms with van der Waals surface area (Å²) >= 11 is 6.70. The molecule has 4 aromatic rings. The highest BCUT2D eigenvalue weighted by Crippen LogP contribution is 2.40. The third-order valence-corrected chi connectivity index (χ3v) is 11.3. The molecule has 1 aliphatic carbocycles. The molecule has 1 atom stereocenters. The number of hydrogen-bond donors (Lipinski definition) is 0. The van der Waals surface area contributed by atoms with Gasteiger partial charge >= 0.3 is 18.1 Å². The van der Waals surface area contributed by atoms with Gasteiger partial charge in [0, 0.05) is 23.7 Å². The number of ether oxygens (including phenoxy) is 3. The van der Waals surface area contributed by atoms with E-state index in [9.17, 15) is 22.8 Å². The lowest BCUT2D eigenvalue weighted by Gasteiger charge is -2.45. The molecule has 6 rings (SSSR count). The molecule has 60 heavy (non-hydrogen) atoms. The van der Waals surface area contributed by atoms with Crippen molar-refractivity contribution in [2.45, 2.75) is 90.1 Å². The lowest BCUT2D eigenvalue weighted by atomic mass is 9.83. The van der Waals surface area contributed by atoms with Crippen molar-refractivity contribution in [2.75, 3.05) is 26.3 Å².